The summed E-state index contributed by atoms with van der Waals surface area (Å²) in [6.07, 6.45) is 2.89. The van der Waals surface area contributed by atoms with Gasteiger partial charge in [-0.2, -0.15) is 0 Å². The molecule has 0 aliphatic rings. The van der Waals surface area contributed by atoms with Crippen LogP contribution in [0.5, 0.6) is 11.5 Å². The van der Waals surface area contributed by atoms with E-state index in [9.17, 15) is 9.59 Å². The van der Waals surface area contributed by atoms with Crippen molar-refractivity contribution in [2.24, 2.45) is 0 Å². The van der Waals surface area contributed by atoms with Crippen LogP contribution in [0.15, 0.2) is 12.1 Å². The van der Waals surface area contributed by atoms with Gasteiger partial charge < -0.3 is 19.9 Å². The molecule has 0 saturated carbocycles. The molecule has 1 aromatic rings. The van der Waals surface area contributed by atoms with Crippen molar-refractivity contribution in [2.45, 2.75) is 52.5 Å². The van der Waals surface area contributed by atoms with Gasteiger partial charge in [0.15, 0.2) is 11.5 Å². The zero-order valence-corrected chi connectivity index (χ0v) is 15.5. The molecule has 0 spiro atoms. The van der Waals surface area contributed by atoms with Crippen LogP contribution in [0.25, 0.3) is 0 Å². The summed E-state index contributed by atoms with van der Waals surface area (Å²) >= 11 is 6.31. The molecule has 1 amide bonds. The Labute approximate surface area is 153 Å². The Morgan fingerprint density at radius 1 is 1.16 bits per heavy atom. The number of aliphatic carboxylic acids is 1. The van der Waals surface area contributed by atoms with Gasteiger partial charge in [-0.05, 0) is 31.0 Å². The fourth-order valence-corrected chi connectivity index (χ4v) is 2.45. The predicted molar refractivity (Wildman–Crippen MR) is 96.4 cm³/mol. The number of rotatable bonds is 12. The Morgan fingerprint density at radius 2 is 1.92 bits per heavy atom. The first-order valence-corrected chi connectivity index (χ1v) is 8.92. The standard InChI is InChI=1S/C18H26ClNO5/c1-3-5-6-9-25-18-14(19)10-13(11-15(18)24-4-2)12-20-16(21)7-8-17(22)23/h10-11H,3-9,12H2,1-2H3,(H,20,21)(H,22,23). The van der Waals surface area contributed by atoms with Crippen molar-refractivity contribution >= 4 is 23.5 Å². The summed E-state index contributed by atoms with van der Waals surface area (Å²) in [5.41, 5.74) is 0.762. The lowest BCUT2D eigenvalue weighted by molar-refractivity contribution is -0.138. The van der Waals surface area contributed by atoms with Crippen molar-refractivity contribution in [2.75, 3.05) is 13.2 Å². The predicted octanol–water partition coefficient (Wildman–Crippen LogP) is 3.79. The average molecular weight is 372 g/mol. The topological polar surface area (TPSA) is 84.9 Å². The van der Waals surface area contributed by atoms with Gasteiger partial charge in [-0.15, -0.1) is 0 Å². The van der Waals surface area contributed by atoms with Crippen LogP contribution in [-0.4, -0.2) is 30.2 Å². The van der Waals surface area contributed by atoms with E-state index in [1.54, 1.807) is 12.1 Å². The second-order valence-electron chi connectivity index (χ2n) is 5.56. The van der Waals surface area contributed by atoms with Crippen LogP contribution in [0.3, 0.4) is 0 Å². The molecule has 0 unspecified atom stereocenters. The molecule has 0 aliphatic carbocycles. The van der Waals surface area contributed by atoms with E-state index in [-0.39, 0.29) is 25.3 Å². The van der Waals surface area contributed by atoms with Crippen LogP contribution in [0.4, 0.5) is 0 Å². The zero-order valence-electron chi connectivity index (χ0n) is 14.8. The van der Waals surface area contributed by atoms with Crippen LogP contribution >= 0.6 is 11.6 Å². The fraction of sp³-hybridized carbons (Fsp3) is 0.556. The number of carboxylic acid groups (broad SMARTS) is 1. The second kappa shape index (κ2) is 11.6. The summed E-state index contributed by atoms with van der Waals surface area (Å²) in [4.78, 5) is 22.1. The molecule has 6 nitrogen and oxygen atoms in total. The van der Waals surface area contributed by atoms with Crippen molar-refractivity contribution in [1.29, 1.82) is 0 Å². The molecule has 25 heavy (non-hydrogen) atoms. The molecule has 0 aromatic heterocycles. The van der Waals surface area contributed by atoms with E-state index < -0.39 is 5.97 Å². The summed E-state index contributed by atoms with van der Waals surface area (Å²) in [6, 6.07) is 3.50. The number of nitrogens with one attached hydrogen (secondary N) is 1. The molecular formula is C18H26ClNO5. The molecule has 7 heteroatoms. The number of hydrogen-bond acceptors (Lipinski definition) is 4. The summed E-state index contributed by atoms with van der Waals surface area (Å²) in [6.45, 7) is 5.27. The van der Waals surface area contributed by atoms with Gasteiger partial charge >= 0.3 is 5.97 Å². The highest BCUT2D eigenvalue weighted by atomic mass is 35.5. The maximum absolute atomic E-state index is 11.6. The third-order valence-electron chi connectivity index (χ3n) is 3.42. The van der Waals surface area contributed by atoms with Crippen LogP contribution in [0, 0.1) is 0 Å². The molecule has 2 N–H and O–H groups in total. The van der Waals surface area contributed by atoms with E-state index in [0.29, 0.717) is 29.7 Å². The van der Waals surface area contributed by atoms with Crippen LogP contribution < -0.4 is 14.8 Å². The molecular weight excluding hydrogens is 346 g/mol. The summed E-state index contributed by atoms with van der Waals surface area (Å²) in [7, 11) is 0. The molecule has 1 aromatic carbocycles. The molecule has 0 bridgehead atoms. The number of ether oxygens (including phenoxy) is 2. The lowest BCUT2D eigenvalue weighted by atomic mass is 10.2. The van der Waals surface area contributed by atoms with Crippen molar-refractivity contribution in [1.82, 2.24) is 5.32 Å². The van der Waals surface area contributed by atoms with Crippen LogP contribution in [0.1, 0.15) is 51.5 Å². The van der Waals surface area contributed by atoms with E-state index in [0.717, 1.165) is 24.8 Å². The van der Waals surface area contributed by atoms with Crippen molar-refractivity contribution in [3.8, 4) is 11.5 Å². The van der Waals surface area contributed by atoms with Crippen LogP contribution in [-0.2, 0) is 16.1 Å². The van der Waals surface area contributed by atoms with Gasteiger partial charge in [0.05, 0.1) is 24.7 Å². The largest absolute Gasteiger partial charge is 0.490 e. The van der Waals surface area contributed by atoms with E-state index >= 15 is 0 Å². The van der Waals surface area contributed by atoms with Gasteiger partial charge in [-0.1, -0.05) is 31.4 Å². The van der Waals surface area contributed by atoms with Gasteiger partial charge in [0.2, 0.25) is 5.91 Å². The number of hydrogen-bond donors (Lipinski definition) is 2. The highest BCUT2D eigenvalue weighted by Gasteiger charge is 2.13. The third-order valence-corrected chi connectivity index (χ3v) is 3.70. The molecule has 0 radical (unpaired) electrons. The number of carbonyl (C=O) groups is 2. The molecule has 140 valence electrons. The van der Waals surface area contributed by atoms with E-state index in [4.69, 9.17) is 26.2 Å². The lowest BCUT2D eigenvalue weighted by Gasteiger charge is -2.15. The first-order valence-electron chi connectivity index (χ1n) is 8.54. The Hall–Kier alpha value is -1.95. The summed E-state index contributed by atoms with van der Waals surface area (Å²) in [5.74, 6) is -0.264. The lowest BCUT2D eigenvalue weighted by Crippen LogP contribution is -2.23. The Bertz CT molecular complexity index is 577. The highest BCUT2D eigenvalue weighted by Crippen LogP contribution is 2.36. The maximum atomic E-state index is 11.6. The zero-order chi connectivity index (χ0) is 18.7. The minimum absolute atomic E-state index is 0.0555. The Balaban J connectivity index is 2.71. The van der Waals surface area contributed by atoms with E-state index in [1.165, 1.54) is 0 Å². The molecule has 0 atom stereocenters. The quantitative estimate of drug-likeness (QED) is 0.546. The van der Waals surface area contributed by atoms with E-state index in [1.807, 2.05) is 6.92 Å². The van der Waals surface area contributed by atoms with Gasteiger partial charge in [-0.3, -0.25) is 9.59 Å². The first kappa shape index (κ1) is 21.1. The first-order chi connectivity index (χ1) is 12.0. The Kier molecular flexibility index (Phi) is 9.77. The van der Waals surface area contributed by atoms with Crippen molar-refractivity contribution < 1.29 is 24.2 Å². The Morgan fingerprint density at radius 3 is 2.56 bits per heavy atom. The number of unbranched alkanes of at least 4 members (excludes halogenated alkanes) is 2. The van der Waals surface area contributed by atoms with Gasteiger partial charge in [0, 0.05) is 13.0 Å². The fourth-order valence-electron chi connectivity index (χ4n) is 2.16. The normalized spacial score (nSPS) is 10.4. The van der Waals surface area contributed by atoms with Crippen molar-refractivity contribution in [3.05, 3.63) is 22.7 Å². The van der Waals surface area contributed by atoms with Gasteiger partial charge in [0.1, 0.15) is 0 Å². The summed E-state index contributed by atoms with van der Waals surface area (Å²) in [5, 5.41) is 11.7. The third kappa shape index (κ3) is 8.12. The minimum atomic E-state index is -0.999. The number of carbonyl (C=O) groups excluding carboxylic acids is 1. The SMILES string of the molecule is CCCCCOc1c(Cl)cc(CNC(=O)CCC(=O)O)cc1OCC. The molecule has 1 rings (SSSR count). The molecule has 0 heterocycles. The van der Waals surface area contributed by atoms with Gasteiger partial charge in [-0.25, -0.2) is 0 Å². The molecule has 0 fully saturated rings. The van der Waals surface area contributed by atoms with Gasteiger partial charge in [0.25, 0.3) is 0 Å². The number of benzene rings is 1. The number of carboxylic acids is 1. The highest BCUT2D eigenvalue weighted by molar-refractivity contribution is 6.32. The maximum Gasteiger partial charge on any atom is 0.303 e. The smallest absolute Gasteiger partial charge is 0.303 e. The molecule has 0 saturated heterocycles. The van der Waals surface area contributed by atoms with Crippen LogP contribution in [0.2, 0.25) is 5.02 Å². The van der Waals surface area contributed by atoms with Crippen molar-refractivity contribution in [3.63, 3.8) is 0 Å². The number of halogens is 1. The average Bonchev–Trinajstić information content (AvgIpc) is 2.57. The minimum Gasteiger partial charge on any atom is -0.490 e. The number of amides is 1. The molecule has 0 aliphatic heterocycles. The second-order valence-corrected chi connectivity index (χ2v) is 5.97. The van der Waals surface area contributed by atoms with E-state index in [2.05, 4.69) is 12.2 Å². The monoisotopic (exact) mass is 371 g/mol. The summed E-state index contributed by atoms with van der Waals surface area (Å²) < 4.78 is 11.4.